The smallest absolute Gasteiger partial charge is 0.293 e. The van der Waals surface area contributed by atoms with E-state index in [0.29, 0.717) is 23.5 Å². The average molecular weight is 265 g/mol. The molecule has 0 atom stereocenters. The topological polar surface area (TPSA) is 85.0 Å². The van der Waals surface area contributed by atoms with E-state index in [4.69, 9.17) is 5.11 Å². The molecule has 0 aromatic carbocycles. The number of nitrogens with zero attached hydrogens (tertiary/aromatic N) is 4. The van der Waals surface area contributed by atoms with Gasteiger partial charge >= 0.3 is 0 Å². The number of anilines is 1. The van der Waals surface area contributed by atoms with Gasteiger partial charge in [-0.15, -0.1) is 0 Å². The molecule has 0 aliphatic heterocycles. The van der Waals surface area contributed by atoms with Gasteiger partial charge < -0.3 is 15.0 Å². The molecule has 0 radical (unpaired) electrons. The minimum absolute atomic E-state index is 0.00762. The largest absolute Gasteiger partial charge is 0.395 e. The summed E-state index contributed by atoms with van der Waals surface area (Å²) in [6, 6.07) is 0. The second kappa shape index (κ2) is 4.65. The number of nitrogens with one attached hydrogen (secondary N) is 1. The minimum atomic E-state index is -0.381. The molecule has 0 spiro atoms. The molecule has 0 unspecified atom stereocenters. The van der Waals surface area contributed by atoms with Crippen LogP contribution in [0.15, 0.2) is 11.0 Å². The van der Waals surface area contributed by atoms with Crippen molar-refractivity contribution < 1.29 is 5.11 Å². The number of aliphatic hydroxyl groups is 1. The maximum Gasteiger partial charge on any atom is 0.293 e. The van der Waals surface area contributed by atoms with Crippen molar-refractivity contribution in [3.05, 3.63) is 16.6 Å². The van der Waals surface area contributed by atoms with Gasteiger partial charge in [-0.3, -0.25) is 4.79 Å². The van der Waals surface area contributed by atoms with Crippen LogP contribution in [0.25, 0.3) is 11.0 Å². The molecule has 104 valence electrons. The highest BCUT2D eigenvalue weighted by atomic mass is 16.3. The second-order valence-electron chi connectivity index (χ2n) is 5.41. The molecule has 0 fully saturated rings. The van der Waals surface area contributed by atoms with Gasteiger partial charge in [0.1, 0.15) is 11.0 Å². The van der Waals surface area contributed by atoms with E-state index in [0.717, 1.165) is 0 Å². The first-order valence-corrected chi connectivity index (χ1v) is 6.16. The molecule has 0 aliphatic rings. The van der Waals surface area contributed by atoms with Crippen LogP contribution in [0.5, 0.6) is 0 Å². The molecule has 2 aromatic rings. The summed E-state index contributed by atoms with van der Waals surface area (Å²) in [5, 5.41) is 15.9. The quantitative estimate of drug-likeness (QED) is 0.833. The Hall–Kier alpha value is -1.89. The number of aryl methyl sites for hydroxylation is 1. The summed E-state index contributed by atoms with van der Waals surface area (Å²) in [5.74, 6) is 0.551. The van der Waals surface area contributed by atoms with Crippen molar-refractivity contribution in [1.29, 1.82) is 0 Å². The van der Waals surface area contributed by atoms with Crippen molar-refractivity contribution in [3.8, 4) is 0 Å². The van der Waals surface area contributed by atoms with Gasteiger partial charge in [-0.2, -0.15) is 5.10 Å². The van der Waals surface area contributed by atoms with Gasteiger partial charge in [-0.1, -0.05) is 0 Å². The molecule has 0 saturated heterocycles. The van der Waals surface area contributed by atoms with E-state index in [-0.39, 0.29) is 17.7 Å². The molecule has 7 heteroatoms. The third-order valence-corrected chi connectivity index (χ3v) is 2.84. The lowest BCUT2D eigenvalue weighted by molar-refractivity contribution is 0.310. The van der Waals surface area contributed by atoms with Gasteiger partial charge in [-0.25, -0.2) is 9.67 Å². The Morgan fingerprint density at radius 1 is 1.42 bits per heavy atom. The Morgan fingerprint density at radius 3 is 2.68 bits per heavy atom. The molecule has 0 aliphatic carbocycles. The Kier molecular flexibility index (Phi) is 3.32. The fourth-order valence-corrected chi connectivity index (χ4v) is 1.93. The van der Waals surface area contributed by atoms with Crippen LogP contribution < -0.4 is 10.9 Å². The van der Waals surface area contributed by atoms with E-state index >= 15 is 0 Å². The van der Waals surface area contributed by atoms with Crippen LogP contribution in [0.3, 0.4) is 0 Å². The SMILES string of the molecule is Cn1c(NCCO)nc2cnn(C(C)(C)C)c(=O)c21. The van der Waals surface area contributed by atoms with E-state index in [1.165, 1.54) is 4.68 Å². The lowest BCUT2D eigenvalue weighted by Crippen LogP contribution is -2.36. The number of hydrogen-bond acceptors (Lipinski definition) is 5. The monoisotopic (exact) mass is 265 g/mol. The maximum atomic E-state index is 12.4. The summed E-state index contributed by atoms with van der Waals surface area (Å²) in [6.45, 7) is 6.17. The Morgan fingerprint density at radius 2 is 2.11 bits per heavy atom. The fraction of sp³-hybridized carbons (Fsp3) is 0.583. The molecule has 0 amide bonds. The van der Waals surface area contributed by atoms with E-state index in [2.05, 4.69) is 15.4 Å². The first kappa shape index (κ1) is 13.5. The first-order valence-electron chi connectivity index (χ1n) is 6.16. The lowest BCUT2D eigenvalue weighted by Gasteiger charge is -2.20. The first-order chi connectivity index (χ1) is 8.86. The summed E-state index contributed by atoms with van der Waals surface area (Å²) in [5.41, 5.74) is 0.504. The Bertz CT molecular complexity index is 650. The van der Waals surface area contributed by atoms with Gasteiger partial charge in [-0.05, 0) is 20.8 Å². The van der Waals surface area contributed by atoms with Gasteiger partial charge in [0.25, 0.3) is 5.56 Å². The molecule has 2 rings (SSSR count). The molecule has 2 heterocycles. The maximum absolute atomic E-state index is 12.4. The number of aromatic nitrogens is 4. The van der Waals surface area contributed by atoms with Crippen LogP contribution in [0.4, 0.5) is 5.95 Å². The fourth-order valence-electron chi connectivity index (χ4n) is 1.93. The van der Waals surface area contributed by atoms with Crippen molar-refractivity contribution >= 4 is 17.0 Å². The van der Waals surface area contributed by atoms with Gasteiger partial charge in [0, 0.05) is 13.6 Å². The standard InChI is InChI=1S/C12H19N5O2/c1-12(2,3)17-10(19)9-8(7-14-17)15-11(16(9)4)13-5-6-18/h7,18H,5-6H2,1-4H3,(H,13,15). The summed E-state index contributed by atoms with van der Waals surface area (Å²) >= 11 is 0. The number of aliphatic hydroxyl groups excluding tert-OH is 1. The summed E-state index contributed by atoms with van der Waals surface area (Å²) in [6.07, 6.45) is 1.59. The second-order valence-corrected chi connectivity index (χ2v) is 5.41. The Balaban J connectivity index is 2.63. The molecule has 2 aromatic heterocycles. The highest BCUT2D eigenvalue weighted by Crippen LogP contribution is 2.16. The predicted octanol–water partition coefficient (Wildman–Crippen LogP) is 0.289. The molecular formula is C12H19N5O2. The van der Waals surface area contributed by atoms with E-state index < -0.39 is 0 Å². The molecule has 19 heavy (non-hydrogen) atoms. The van der Waals surface area contributed by atoms with Gasteiger partial charge in [0.05, 0.1) is 18.3 Å². The highest BCUT2D eigenvalue weighted by Gasteiger charge is 2.20. The van der Waals surface area contributed by atoms with E-state index in [9.17, 15) is 4.79 Å². The average Bonchev–Trinajstić information content (AvgIpc) is 2.63. The molecule has 2 N–H and O–H groups in total. The third kappa shape index (κ3) is 2.33. The molecule has 0 bridgehead atoms. The summed E-state index contributed by atoms with van der Waals surface area (Å²) in [7, 11) is 1.77. The zero-order valence-electron chi connectivity index (χ0n) is 11.6. The van der Waals surface area contributed by atoms with Crippen LogP contribution in [0.1, 0.15) is 20.8 Å². The predicted molar refractivity (Wildman–Crippen MR) is 73.3 cm³/mol. The van der Waals surface area contributed by atoms with Crippen molar-refractivity contribution in [2.45, 2.75) is 26.3 Å². The van der Waals surface area contributed by atoms with Crippen molar-refractivity contribution in [2.75, 3.05) is 18.5 Å². The van der Waals surface area contributed by atoms with Gasteiger partial charge in [0.2, 0.25) is 5.95 Å². The van der Waals surface area contributed by atoms with Gasteiger partial charge in [0.15, 0.2) is 0 Å². The number of fused-ring (bicyclic) bond motifs is 1. The van der Waals surface area contributed by atoms with Crippen LogP contribution in [-0.4, -0.2) is 37.6 Å². The van der Waals surface area contributed by atoms with Crippen LogP contribution in [0.2, 0.25) is 0 Å². The Labute approximate surface area is 110 Å². The lowest BCUT2D eigenvalue weighted by atomic mass is 10.1. The molecular weight excluding hydrogens is 246 g/mol. The van der Waals surface area contributed by atoms with Crippen molar-refractivity contribution in [2.24, 2.45) is 7.05 Å². The van der Waals surface area contributed by atoms with Crippen LogP contribution in [0, 0.1) is 0 Å². The zero-order chi connectivity index (χ0) is 14.2. The van der Waals surface area contributed by atoms with Crippen LogP contribution in [-0.2, 0) is 12.6 Å². The third-order valence-electron chi connectivity index (χ3n) is 2.84. The number of imidazole rings is 1. The van der Waals surface area contributed by atoms with E-state index in [1.807, 2.05) is 20.8 Å². The highest BCUT2D eigenvalue weighted by molar-refractivity contribution is 5.76. The number of rotatable bonds is 3. The zero-order valence-corrected chi connectivity index (χ0v) is 11.6. The minimum Gasteiger partial charge on any atom is -0.395 e. The van der Waals surface area contributed by atoms with Crippen molar-refractivity contribution in [1.82, 2.24) is 19.3 Å². The van der Waals surface area contributed by atoms with Crippen molar-refractivity contribution in [3.63, 3.8) is 0 Å². The number of hydrogen-bond donors (Lipinski definition) is 2. The molecule has 0 saturated carbocycles. The summed E-state index contributed by atoms with van der Waals surface area (Å²) in [4.78, 5) is 16.7. The normalized spacial score (nSPS) is 12.1. The summed E-state index contributed by atoms with van der Waals surface area (Å²) < 4.78 is 3.14. The van der Waals surface area contributed by atoms with Crippen LogP contribution >= 0.6 is 0 Å². The van der Waals surface area contributed by atoms with E-state index in [1.54, 1.807) is 17.8 Å². The molecule has 7 nitrogen and oxygen atoms in total.